The Hall–Kier alpha value is -0.0800. The quantitative estimate of drug-likeness (QED) is 0.588. The van der Waals surface area contributed by atoms with Gasteiger partial charge in [-0.15, -0.1) is 0 Å². The lowest BCUT2D eigenvalue weighted by atomic mass is 9.72. The summed E-state index contributed by atoms with van der Waals surface area (Å²) in [5, 5.41) is 0. The fourth-order valence-electron chi connectivity index (χ4n) is 2.75. The van der Waals surface area contributed by atoms with Gasteiger partial charge in [-0.25, -0.2) is 0 Å². The molecule has 2 saturated heterocycles. The molecule has 12 heavy (non-hydrogen) atoms. The molecule has 0 saturated carbocycles. The van der Waals surface area contributed by atoms with E-state index in [0.29, 0.717) is 5.41 Å². The molecule has 0 aliphatic carbocycles. The van der Waals surface area contributed by atoms with Crippen molar-refractivity contribution in [3.63, 3.8) is 0 Å². The van der Waals surface area contributed by atoms with Crippen molar-refractivity contribution in [3.05, 3.63) is 0 Å². The zero-order valence-electron chi connectivity index (χ0n) is 8.18. The third-order valence-corrected chi connectivity index (χ3v) is 3.27. The van der Waals surface area contributed by atoms with Crippen molar-refractivity contribution in [2.45, 2.75) is 19.8 Å². The lowest BCUT2D eigenvalue weighted by Gasteiger charge is -2.52. The molecule has 2 heterocycles. The maximum atomic E-state index is 5.65. The van der Waals surface area contributed by atoms with Crippen molar-refractivity contribution < 1.29 is 4.74 Å². The third-order valence-electron chi connectivity index (χ3n) is 3.27. The molecule has 0 aromatic rings. The molecule has 0 aromatic heterocycles. The van der Waals surface area contributed by atoms with E-state index in [4.69, 9.17) is 4.74 Å². The number of nitrogens with zero attached hydrogens (tertiary/aromatic N) is 1. The molecule has 1 unspecified atom stereocenters. The molecule has 2 fully saturated rings. The van der Waals surface area contributed by atoms with Gasteiger partial charge in [0, 0.05) is 25.1 Å². The van der Waals surface area contributed by atoms with Gasteiger partial charge in [-0.2, -0.15) is 0 Å². The Bertz CT molecular complexity index is 158. The average Bonchev–Trinajstić information content (AvgIpc) is 2.02. The van der Waals surface area contributed by atoms with Crippen LogP contribution in [0.3, 0.4) is 0 Å². The molecule has 2 nitrogen and oxygen atoms in total. The van der Waals surface area contributed by atoms with Crippen molar-refractivity contribution in [1.82, 2.24) is 4.90 Å². The minimum atomic E-state index is 0.549. The first kappa shape index (κ1) is 8.52. The zero-order chi connectivity index (χ0) is 8.60. The van der Waals surface area contributed by atoms with Gasteiger partial charge in [0.15, 0.2) is 0 Å². The van der Waals surface area contributed by atoms with Crippen LogP contribution in [0.5, 0.6) is 0 Å². The third kappa shape index (κ3) is 1.38. The molecule has 1 spiro atoms. The van der Waals surface area contributed by atoms with Crippen molar-refractivity contribution in [3.8, 4) is 0 Å². The minimum absolute atomic E-state index is 0.549. The van der Waals surface area contributed by atoms with Gasteiger partial charge >= 0.3 is 0 Å². The van der Waals surface area contributed by atoms with Crippen LogP contribution in [0, 0.1) is 11.3 Å². The van der Waals surface area contributed by atoms with Gasteiger partial charge in [-0.05, 0) is 19.4 Å². The number of likely N-dealkylation sites (tertiary alicyclic amines) is 1. The Morgan fingerprint density at radius 2 is 2.25 bits per heavy atom. The topological polar surface area (TPSA) is 12.5 Å². The first-order chi connectivity index (χ1) is 5.74. The highest BCUT2D eigenvalue weighted by molar-refractivity contribution is 4.96. The van der Waals surface area contributed by atoms with Crippen LogP contribution in [0.25, 0.3) is 0 Å². The summed E-state index contributed by atoms with van der Waals surface area (Å²) in [6, 6.07) is 0. The maximum absolute atomic E-state index is 5.65. The van der Waals surface area contributed by atoms with E-state index in [1.807, 2.05) is 0 Å². The van der Waals surface area contributed by atoms with Crippen LogP contribution >= 0.6 is 0 Å². The monoisotopic (exact) mass is 169 g/mol. The Labute approximate surface area is 74.9 Å². The Balaban J connectivity index is 1.91. The molecule has 0 N–H and O–H groups in total. The first-order valence-corrected chi connectivity index (χ1v) is 5.00. The predicted molar refractivity (Wildman–Crippen MR) is 49.1 cm³/mol. The van der Waals surface area contributed by atoms with Crippen molar-refractivity contribution in [2.75, 3.05) is 33.4 Å². The van der Waals surface area contributed by atoms with Crippen LogP contribution in [-0.4, -0.2) is 38.3 Å². The van der Waals surface area contributed by atoms with Crippen LogP contribution in [0.1, 0.15) is 19.8 Å². The maximum Gasteiger partial charge on any atom is 0.0547 e. The van der Waals surface area contributed by atoms with Gasteiger partial charge in [0.1, 0.15) is 0 Å². The summed E-state index contributed by atoms with van der Waals surface area (Å²) in [7, 11) is 2.20. The number of rotatable bonds is 1. The Morgan fingerprint density at radius 3 is 2.83 bits per heavy atom. The van der Waals surface area contributed by atoms with Gasteiger partial charge in [0.25, 0.3) is 0 Å². The molecule has 2 rings (SSSR count). The van der Waals surface area contributed by atoms with E-state index in [2.05, 4.69) is 18.9 Å². The van der Waals surface area contributed by atoms with Gasteiger partial charge in [-0.1, -0.05) is 13.3 Å². The normalized spacial score (nSPS) is 35.0. The molecule has 2 heteroatoms. The van der Waals surface area contributed by atoms with E-state index in [1.165, 1.54) is 25.9 Å². The lowest BCUT2D eigenvalue weighted by molar-refractivity contribution is -0.114. The molecule has 0 radical (unpaired) electrons. The second-order valence-corrected chi connectivity index (χ2v) is 4.67. The SMILES string of the molecule is CCC1COCC2(C1)CN(C)C2. The molecule has 2 aliphatic heterocycles. The number of hydrogen-bond acceptors (Lipinski definition) is 2. The van der Waals surface area contributed by atoms with Crippen molar-refractivity contribution >= 4 is 0 Å². The van der Waals surface area contributed by atoms with E-state index >= 15 is 0 Å². The first-order valence-electron chi connectivity index (χ1n) is 5.00. The summed E-state index contributed by atoms with van der Waals surface area (Å²) >= 11 is 0. The van der Waals surface area contributed by atoms with E-state index < -0.39 is 0 Å². The molecule has 0 bridgehead atoms. The Kier molecular flexibility index (Phi) is 2.13. The van der Waals surface area contributed by atoms with Gasteiger partial charge in [0.05, 0.1) is 6.61 Å². The van der Waals surface area contributed by atoms with Crippen LogP contribution in [0.15, 0.2) is 0 Å². The predicted octanol–water partition coefficient (Wildman–Crippen LogP) is 1.36. The lowest BCUT2D eigenvalue weighted by Crippen LogP contribution is -2.59. The van der Waals surface area contributed by atoms with Crippen LogP contribution < -0.4 is 0 Å². The molecule has 1 atom stereocenters. The summed E-state index contributed by atoms with van der Waals surface area (Å²) in [6.45, 7) is 6.79. The van der Waals surface area contributed by atoms with Crippen LogP contribution in [0.4, 0.5) is 0 Å². The van der Waals surface area contributed by atoms with E-state index in [0.717, 1.165) is 19.1 Å². The summed E-state index contributed by atoms with van der Waals surface area (Å²) in [4.78, 5) is 2.39. The largest absolute Gasteiger partial charge is 0.380 e. The molecule has 2 aliphatic rings. The molecule has 70 valence electrons. The summed E-state index contributed by atoms with van der Waals surface area (Å²) in [6.07, 6.45) is 2.68. The fraction of sp³-hybridized carbons (Fsp3) is 1.00. The highest BCUT2D eigenvalue weighted by Crippen LogP contribution is 2.39. The van der Waals surface area contributed by atoms with Gasteiger partial charge in [0.2, 0.25) is 0 Å². The van der Waals surface area contributed by atoms with E-state index in [9.17, 15) is 0 Å². The van der Waals surface area contributed by atoms with Crippen molar-refractivity contribution in [2.24, 2.45) is 11.3 Å². The van der Waals surface area contributed by atoms with E-state index in [-0.39, 0.29) is 0 Å². The smallest absolute Gasteiger partial charge is 0.0547 e. The second kappa shape index (κ2) is 3.00. The van der Waals surface area contributed by atoms with Gasteiger partial charge < -0.3 is 9.64 Å². The standard InChI is InChI=1S/C10H19NO/c1-3-9-4-10(8-12-5-9)6-11(2)7-10/h9H,3-8H2,1-2H3. The highest BCUT2D eigenvalue weighted by Gasteiger charge is 2.44. The minimum Gasteiger partial charge on any atom is -0.380 e. The van der Waals surface area contributed by atoms with Gasteiger partial charge in [-0.3, -0.25) is 0 Å². The zero-order valence-corrected chi connectivity index (χ0v) is 8.18. The fourth-order valence-corrected chi connectivity index (χ4v) is 2.75. The highest BCUT2D eigenvalue weighted by atomic mass is 16.5. The number of hydrogen-bond donors (Lipinski definition) is 0. The van der Waals surface area contributed by atoms with E-state index in [1.54, 1.807) is 0 Å². The number of ether oxygens (including phenoxy) is 1. The molecular formula is C10H19NO. The molecule has 0 amide bonds. The molecule has 0 aromatic carbocycles. The summed E-state index contributed by atoms with van der Waals surface area (Å²) < 4.78 is 5.65. The molecular weight excluding hydrogens is 150 g/mol. The van der Waals surface area contributed by atoms with Crippen LogP contribution in [0.2, 0.25) is 0 Å². The summed E-state index contributed by atoms with van der Waals surface area (Å²) in [5.41, 5.74) is 0.549. The Morgan fingerprint density at radius 1 is 1.50 bits per heavy atom. The summed E-state index contributed by atoms with van der Waals surface area (Å²) in [5.74, 6) is 0.826. The average molecular weight is 169 g/mol. The second-order valence-electron chi connectivity index (χ2n) is 4.67. The van der Waals surface area contributed by atoms with Crippen LogP contribution in [-0.2, 0) is 4.74 Å². The van der Waals surface area contributed by atoms with Crippen molar-refractivity contribution in [1.29, 1.82) is 0 Å².